The number of carbonyl (C=O) groups excluding carboxylic acids is 1. The van der Waals surface area contributed by atoms with E-state index in [0.717, 1.165) is 24.9 Å². The zero-order chi connectivity index (χ0) is 17.5. The zero-order valence-corrected chi connectivity index (χ0v) is 14.5. The number of imidazole rings is 1. The first-order chi connectivity index (χ1) is 12.8. The lowest BCUT2D eigenvalue weighted by Gasteiger charge is -2.35. The molecule has 0 spiro atoms. The number of piperidine rings is 1. The van der Waals surface area contributed by atoms with E-state index in [1.165, 1.54) is 12.8 Å². The lowest BCUT2D eigenvalue weighted by molar-refractivity contribution is -0.136. The van der Waals surface area contributed by atoms with Crippen LogP contribution in [0, 0.1) is 0 Å². The van der Waals surface area contributed by atoms with E-state index in [1.807, 2.05) is 35.0 Å². The molecule has 3 aromatic rings. The molecule has 1 unspecified atom stereocenters. The third-order valence-electron chi connectivity index (χ3n) is 5.59. The quantitative estimate of drug-likeness (QED) is 0.725. The van der Waals surface area contributed by atoms with Crippen LogP contribution in [-0.4, -0.2) is 42.9 Å². The molecule has 1 atom stereocenters. The summed E-state index contributed by atoms with van der Waals surface area (Å²) in [4.78, 5) is 23.5. The third kappa shape index (κ3) is 2.67. The highest BCUT2D eigenvalue weighted by molar-refractivity contribution is 5.77. The first-order valence-corrected chi connectivity index (χ1v) is 9.35. The van der Waals surface area contributed by atoms with E-state index < -0.39 is 0 Å². The van der Waals surface area contributed by atoms with Crippen LogP contribution in [0.3, 0.4) is 0 Å². The van der Waals surface area contributed by atoms with Gasteiger partial charge in [-0.15, -0.1) is 0 Å². The van der Waals surface area contributed by atoms with Gasteiger partial charge in [0, 0.05) is 31.4 Å². The van der Waals surface area contributed by atoms with Gasteiger partial charge < -0.3 is 13.8 Å². The Morgan fingerprint density at radius 1 is 1.12 bits per heavy atom. The molecule has 1 saturated carbocycles. The van der Waals surface area contributed by atoms with E-state index in [1.54, 1.807) is 0 Å². The van der Waals surface area contributed by atoms with Crippen molar-refractivity contribution in [2.24, 2.45) is 0 Å². The summed E-state index contributed by atoms with van der Waals surface area (Å²) in [6.07, 6.45) is 9.86. The van der Waals surface area contributed by atoms with Crippen LogP contribution >= 0.6 is 0 Å². The van der Waals surface area contributed by atoms with Crippen LogP contribution in [0.5, 0.6) is 0 Å². The van der Waals surface area contributed by atoms with Gasteiger partial charge in [0.25, 0.3) is 0 Å². The molecule has 2 fully saturated rings. The highest BCUT2D eigenvalue weighted by atomic mass is 16.5. The molecule has 26 heavy (non-hydrogen) atoms. The fourth-order valence-electron chi connectivity index (χ4n) is 4.19. The largest absolute Gasteiger partial charge is 0.339 e. The van der Waals surface area contributed by atoms with Gasteiger partial charge in [0.05, 0.1) is 5.92 Å². The summed E-state index contributed by atoms with van der Waals surface area (Å²) < 4.78 is 7.49. The van der Waals surface area contributed by atoms with E-state index in [4.69, 9.17) is 4.52 Å². The van der Waals surface area contributed by atoms with Crippen molar-refractivity contribution in [1.29, 1.82) is 0 Å². The van der Waals surface area contributed by atoms with Crippen LogP contribution in [0.15, 0.2) is 35.1 Å². The highest BCUT2D eigenvalue weighted by Gasteiger charge is 2.35. The molecule has 2 aliphatic rings. The molecule has 134 valence electrons. The lowest BCUT2D eigenvalue weighted by Crippen LogP contribution is -2.44. The zero-order valence-electron chi connectivity index (χ0n) is 14.5. The second kappa shape index (κ2) is 6.23. The first kappa shape index (κ1) is 15.5. The summed E-state index contributed by atoms with van der Waals surface area (Å²) in [6.45, 7) is 0.691. The van der Waals surface area contributed by atoms with Crippen LogP contribution in [-0.2, 0) is 4.79 Å². The van der Waals surface area contributed by atoms with Crippen molar-refractivity contribution in [2.75, 3.05) is 6.54 Å². The van der Waals surface area contributed by atoms with Crippen LogP contribution in [0.4, 0.5) is 0 Å². The fraction of sp³-hybridized carbons (Fsp3) is 0.474. The molecule has 7 heteroatoms. The van der Waals surface area contributed by atoms with Gasteiger partial charge in [-0.05, 0) is 31.4 Å². The van der Waals surface area contributed by atoms with Gasteiger partial charge in [0.1, 0.15) is 11.3 Å². The third-order valence-corrected chi connectivity index (χ3v) is 5.59. The van der Waals surface area contributed by atoms with Crippen LogP contribution < -0.4 is 0 Å². The van der Waals surface area contributed by atoms with Gasteiger partial charge in [-0.25, -0.2) is 4.98 Å². The predicted octanol–water partition coefficient (Wildman–Crippen LogP) is 3.03. The molecule has 3 aromatic heterocycles. The molecule has 1 aliphatic heterocycles. The number of carbonyl (C=O) groups is 1. The Kier molecular flexibility index (Phi) is 3.72. The number of likely N-dealkylation sites (tertiary alicyclic amines) is 1. The lowest BCUT2D eigenvalue weighted by atomic mass is 9.95. The number of hydrogen-bond acceptors (Lipinski definition) is 5. The van der Waals surface area contributed by atoms with Crippen LogP contribution in [0.2, 0.25) is 0 Å². The molecule has 1 aliphatic carbocycles. The van der Waals surface area contributed by atoms with E-state index >= 15 is 0 Å². The maximum absolute atomic E-state index is 12.3. The number of pyridine rings is 1. The van der Waals surface area contributed by atoms with Crippen molar-refractivity contribution in [3.63, 3.8) is 0 Å². The molecule has 0 N–H and O–H groups in total. The second-order valence-electron chi connectivity index (χ2n) is 7.27. The molecule has 1 saturated heterocycles. The van der Waals surface area contributed by atoms with Crippen molar-refractivity contribution in [3.8, 4) is 11.5 Å². The Morgan fingerprint density at radius 3 is 2.85 bits per heavy atom. The normalized spacial score (nSPS) is 21.8. The van der Waals surface area contributed by atoms with Gasteiger partial charge in [-0.3, -0.25) is 4.79 Å². The van der Waals surface area contributed by atoms with Crippen molar-refractivity contribution < 1.29 is 9.32 Å². The minimum atomic E-state index is 0.117. The number of amides is 1. The van der Waals surface area contributed by atoms with Gasteiger partial charge in [-0.1, -0.05) is 24.1 Å². The average molecular weight is 351 g/mol. The van der Waals surface area contributed by atoms with Gasteiger partial charge in [0.15, 0.2) is 0 Å². The van der Waals surface area contributed by atoms with Gasteiger partial charge in [-0.2, -0.15) is 4.98 Å². The van der Waals surface area contributed by atoms with E-state index in [-0.39, 0.29) is 11.8 Å². The number of fused-ring (bicyclic) bond motifs is 1. The summed E-state index contributed by atoms with van der Waals surface area (Å²) in [6, 6.07) is 6.24. The molecule has 7 nitrogen and oxygen atoms in total. The smallest absolute Gasteiger partial charge is 0.231 e. The Balaban J connectivity index is 1.38. The molecule has 0 aromatic carbocycles. The number of aromatic nitrogens is 4. The molecule has 4 heterocycles. The molecule has 5 rings (SSSR count). The minimum absolute atomic E-state index is 0.117. The molecular formula is C19H21N5O2. The van der Waals surface area contributed by atoms with Crippen molar-refractivity contribution >= 4 is 11.6 Å². The number of nitrogens with zero attached hydrogens (tertiary/aromatic N) is 5. The van der Waals surface area contributed by atoms with E-state index in [2.05, 4.69) is 20.0 Å². The van der Waals surface area contributed by atoms with Crippen molar-refractivity contribution in [2.45, 2.75) is 50.5 Å². The Bertz CT molecular complexity index is 907. The first-order valence-electron chi connectivity index (χ1n) is 9.35. The number of hydrogen-bond donors (Lipinski definition) is 0. The summed E-state index contributed by atoms with van der Waals surface area (Å²) in [5, 5.41) is 4.13. The molecule has 1 amide bonds. The Labute approximate surface area is 151 Å². The highest BCUT2D eigenvalue weighted by Crippen LogP contribution is 2.33. The number of rotatable bonds is 3. The van der Waals surface area contributed by atoms with Crippen LogP contribution in [0.1, 0.15) is 50.3 Å². The Morgan fingerprint density at radius 2 is 2.00 bits per heavy atom. The minimum Gasteiger partial charge on any atom is -0.339 e. The summed E-state index contributed by atoms with van der Waals surface area (Å²) >= 11 is 0. The topological polar surface area (TPSA) is 76.5 Å². The van der Waals surface area contributed by atoms with Crippen LogP contribution in [0.25, 0.3) is 17.2 Å². The maximum atomic E-state index is 12.3. The summed E-state index contributed by atoms with van der Waals surface area (Å²) in [5.74, 6) is 1.51. The standard InChI is InChI=1S/C19H21N5O2/c25-17-9-8-13(11-24(17)14-5-1-2-6-14)19-21-18(22-26-19)15-12-23-10-4-3-7-16(23)20-15/h3-4,7,10,12-14H,1-2,5-6,8-9,11H2. The molecule has 0 radical (unpaired) electrons. The summed E-state index contributed by atoms with van der Waals surface area (Å²) in [5.41, 5.74) is 1.55. The SMILES string of the molecule is O=C1CCC(c2nc(-c3cn4ccccc4n3)no2)CN1C1CCCC1. The molecule has 0 bridgehead atoms. The fourth-order valence-corrected chi connectivity index (χ4v) is 4.19. The molecular weight excluding hydrogens is 330 g/mol. The van der Waals surface area contributed by atoms with Crippen molar-refractivity contribution in [1.82, 2.24) is 24.4 Å². The predicted molar refractivity (Wildman–Crippen MR) is 94.4 cm³/mol. The van der Waals surface area contributed by atoms with Gasteiger partial charge >= 0.3 is 0 Å². The van der Waals surface area contributed by atoms with Crippen molar-refractivity contribution in [3.05, 3.63) is 36.5 Å². The monoisotopic (exact) mass is 351 g/mol. The van der Waals surface area contributed by atoms with E-state index in [0.29, 0.717) is 36.4 Å². The van der Waals surface area contributed by atoms with E-state index in [9.17, 15) is 4.79 Å². The summed E-state index contributed by atoms with van der Waals surface area (Å²) in [7, 11) is 0. The van der Waals surface area contributed by atoms with Gasteiger partial charge in [0.2, 0.25) is 17.6 Å². The average Bonchev–Trinajstić information content (AvgIpc) is 3.41. The Hall–Kier alpha value is -2.70. The second-order valence-corrected chi connectivity index (χ2v) is 7.27. The maximum Gasteiger partial charge on any atom is 0.231 e.